The molecule has 0 aliphatic carbocycles. The number of benzene rings is 1. The van der Waals surface area contributed by atoms with E-state index in [1.807, 2.05) is 35.9 Å². The Hall–Kier alpha value is -1.62. The van der Waals surface area contributed by atoms with Gasteiger partial charge in [0.25, 0.3) is 0 Å². The van der Waals surface area contributed by atoms with Gasteiger partial charge in [0.1, 0.15) is 10.8 Å². The fourth-order valence-electron chi connectivity index (χ4n) is 1.65. The van der Waals surface area contributed by atoms with Crippen LogP contribution >= 0.6 is 11.8 Å². The lowest BCUT2D eigenvalue weighted by molar-refractivity contribution is 0.414. The summed E-state index contributed by atoms with van der Waals surface area (Å²) in [6, 6.07) is 7.92. The van der Waals surface area contributed by atoms with E-state index in [1.165, 1.54) is 0 Å². The first kappa shape index (κ1) is 12.8. The van der Waals surface area contributed by atoms with E-state index in [2.05, 4.69) is 12.0 Å². The maximum absolute atomic E-state index is 6.05. The molecule has 18 heavy (non-hydrogen) atoms. The number of aromatic nitrogens is 2. The Labute approximate surface area is 111 Å². The molecular formula is C13H17N3OS. The van der Waals surface area contributed by atoms with Crippen molar-refractivity contribution in [2.24, 2.45) is 0 Å². The number of hydrogen-bond donors (Lipinski definition) is 1. The summed E-state index contributed by atoms with van der Waals surface area (Å²) in [6.07, 6.45) is 0. The third-order valence-corrected chi connectivity index (χ3v) is 3.83. The zero-order chi connectivity index (χ0) is 13.1. The Balaban J connectivity index is 2.27. The van der Waals surface area contributed by atoms with Gasteiger partial charge in [-0.2, -0.15) is 5.10 Å². The molecule has 0 aliphatic rings. The van der Waals surface area contributed by atoms with Crippen LogP contribution in [0.1, 0.15) is 12.6 Å². The minimum atomic E-state index is 0.762. The zero-order valence-electron chi connectivity index (χ0n) is 10.8. The molecule has 0 saturated carbocycles. The highest BCUT2D eigenvalue weighted by atomic mass is 32.2. The Morgan fingerprint density at radius 1 is 1.33 bits per heavy atom. The lowest BCUT2D eigenvalue weighted by Gasteiger charge is -2.06. The molecule has 2 rings (SSSR count). The van der Waals surface area contributed by atoms with Crippen LogP contribution in [0, 0.1) is 6.92 Å². The maximum Gasteiger partial charge on any atom is 0.122 e. The molecule has 0 aliphatic heterocycles. The largest absolute Gasteiger partial charge is 0.497 e. The summed E-state index contributed by atoms with van der Waals surface area (Å²) in [4.78, 5) is 1.12. The second-order valence-corrected chi connectivity index (χ2v) is 4.96. The summed E-state index contributed by atoms with van der Waals surface area (Å²) in [6.45, 7) is 4.81. The molecule has 2 aromatic rings. The molecule has 0 saturated heterocycles. The Bertz CT molecular complexity index is 534. The van der Waals surface area contributed by atoms with Crippen molar-refractivity contribution < 1.29 is 4.74 Å². The number of rotatable bonds is 4. The molecule has 4 nitrogen and oxygen atoms in total. The van der Waals surface area contributed by atoms with Crippen molar-refractivity contribution in [3.05, 3.63) is 30.0 Å². The third kappa shape index (κ3) is 2.46. The first-order valence-electron chi connectivity index (χ1n) is 5.80. The molecule has 1 aromatic carbocycles. The first-order valence-corrected chi connectivity index (χ1v) is 6.62. The molecule has 0 unspecified atom stereocenters. The van der Waals surface area contributed by atoms with Crippen LogP contribution in [-0.4, -0.2) is 16.9 Å². The molecule has 0 radical (unpaired) electrons. The number of aryl methyl sites for hydroxylation is 2. The van der Waals surface area contributed by atoms with E-state index in [4.69, 9.17) is 10.5 Å². The van der Waals surface area contributed by atoms with Gasteiger partial charge < -0.3 is 10.5 Å². The van der Waals surface area contributed by atoms with E-state index in [0.717, 1.165) is 33.6 Å². The Kier molecular flexibility index (Phi) is 3.81. The molecule has 0 spiro atoms. The quantitative estimate of drug-likeness (QED) is 0.921. The number of ether oxygens (including phenoxy) is 1. The fraction of sp³-hybridized carbons (Fsp3) is 0.308. The molecule has 0 bridgehead atoms. The van der Waals surface area contributed by atoms with Crippen LogP contribution in [0.3, 0.4) is 0 Å². The molecule has 0 atom stereocenters. The molecule has 1 heterocycles. The van der Waals surface area contributed by atoms with E-state index >= 15 is 0 Å². The number of anilines is 1. The van der Waals surface area contributed by atoms with Crippen molar-refractivity contribution in [1.29, 1.82) is 0 Å². The van der Waals surface area contributed by atoms with Crippen molar-refractivity contribution >= 4 is 17.4 Å². The normalized spacial score (nSPS) is 10.6. The third-order valence-electron chi connectivity index (χ3n) is 2.70. The number of nitrogen functional groups attached to an aromatic ring is 1. The van der Waals surface area contributed by atoms with Gasteiger partial charge in [-0.3, -0.25) is 4.68 Å². The minimum Gasteiger partial charge on any atom is -0.497 e. The molecule has 0 amide bonds. The number of nitrogens with zero attached hydrogens (tertiary/aromatic N) is 2. The van der Waals surface area contributed by atoms with Crippen LogP contribution in [0.5, 0.6) is 5.75 Å². The van der Waals surface area contributed by atoms with E-state index in [9.17, 15) is 0 Å². The standard InChI is InChI=1S/C13H17N3OS/c1-4-16-13(12(14)9(2)15-16)18-11-7-5-10(17-3)6-8-11/h5-8H,4,14H2,1-3H3. The van der Waals surface area contributed by atoms with Crippen LogP contribution in [0.2, 0.25) is 0 Å². The van der Waals surface area contributed by atoms with E-state index in [-0.39, 0.29) is 0 Å². The summed E-state index contributed by atoms with van der Waals surface area (Å²) in [5.41, 5.74) is 7.70. The smallest absolute Gasteiger partial charge is 0.122 e. The minimum absolute atomic E-state index is 0.762. The van der Waals surface area contributed by atoms with Gasteiger partial charge in [0, 0.05) is 11.4 Å². The summed E-state index contributed by atoms with van der Waals surface area (Å²) in [7, 11) is 1.66. The average Bonchev–Trinajstić information content (AvgIpc) is 2.67. The Morgan fingerprint density at radius 3 is 2.56 bits per heavy atom. The summed E-state index contributed by atoms with van der Waals surface area (Å²) in [5.74, 6) is 0.854. The molecule has 5 heteroatoms. The van der Waals surface area contributed by atoms with Gasteiger partial charge in [0.2, 0.25) is 0 Å². The van der Waals surface area contributed by atoms with Crippen molar-refractivity contribution in [3.63, 3.8) is 0 Å². The van der Waals surface area contributed by atoms with Gasteiger partial charge in [-0.25, -0.2) is 0 Å². The van der Waals surface area contributed by atoms with Crippen LogP contribution < -0.4 is 10.5 Å². The maximum atomic E-state index is 6.05. The molecule has 96 valence electrons. The van der Waals surface area contributed by atoms with Crippen molar-refractivity contribution in [2.75, 3.05) is 12.8 Å². The number of methoxy groups -OCH3 is 1. The van der Waals surface area contributed by atoms with Crippen molar-refractivity contribution in [2.45, 2.75) is 30.3 Å². The van der Waals surface area contributed by atoms with Gasteiger partial charge >= 0.3 is 0 Å². The van der Waals surface area contributed by atoms with E-state index in [1.54, 1.807) is 18.9 Å². The molecule has 0 fully saturated rings. The van der Waals surface area contributed by atoms with Gasteiger partial charge in [0.15, 0.2) is 0 Å². The molecule has 1 aromatic heterocycles. The fourth-order valence-corrected chi connectivity index (χ4v) is 2.68. The lowest BCUT2D eigenvalue weighted by atomic mass is 10.3. The van der Waals surface area contributed by atoms with Crippen molar-refractivity contribution in [1.82, 2.24) is 9.78 Å². The predicted octanol–water partition coefficient (Wildman–Crippen LogP) is 2.95. The summed E-state index contributed by atoms with van der Waals surface area (Å²) >= 11 is 1.63. The predicted molar refractivity (Wildman–Crippen MR) is 74.2 cm³/mol. The van der Waals surface area contributed by atoms with Crippen LogP contribution in [0.25, 0.3) is 0 Å². The van der Waals surface area contributed by atoms with Crippen LogP contribution in [0.15, 0.2) is 34.2 Å². The van der Waals surface area contributed by atoms with E-state index < -0.39 is 0 Å². The highest BCUT2D eigenvalue weighted by molar-refractivity contribution is 7.99. The molecular weight excluding hydrogens is 246 g/mol. The lowest BCUT2D eigenvalue weighted by Crippen LogP contribution is -1.98. The zero-order valence-corrected chi connectivity index (χ0v) is 11.6. The van der Waals surface area contributed by atoms with Gasteiger partial charge in [-0.15, -0.1) is 0 Å². The highest BCUT2D eigenvalue weighted by Crippen LogP contribution is 2.34. The van der Waals surface area contributed by atoms with Gasteiger partial charge in [-0.05, 0) is 38.1 Å². The van der Waals surface area contributed by atoms with Gasteiger partial charge in [0.05, 0.1) is 18.5 Å². The topological polar surface area (TPSA) is 53.1 Å². The number of hydrogen-bond acceptors (Lipinski definition) is 4. The van der Waals surface area contributed by atoms with Crippen LogP contribution in [-0.2, 0) is 6.54 Å². The SMILES string of the molecule is CCn1nc(C)c(N)c1Sc1ccc(OC)cc1. The Morgan fingerprint density at radius 2 is 2.00 bits per heavy atom. The highest BCUT2D eigenvalue weighted by Gasteiger charge is 2.12. The van der Waals surface area contributed by atoms with E-state index in [0.29, 0.717) is 0 Å². The summed E-state index contributed by atoms with van der Waals surface area (Å²) in [5, 5.41) is 5.40. The molecule has 2 N–H and O–H groups in total. The number of nitrogens with two attached hydrogens (primary N) is 1. The van der Waals surface area contributed by atoms with Gasteiger partial charge in [-0.1, -0.05) is 11.8 Å². The second kappa shape index (κ2) is 5.35. The first-order chi connectivity index (χ1) is 8.65. The summed E-state index contributed by atoms with van der Waals surface area (Å²) < 4.78 is 7.07. The second-order valence-electron chi connectivity index (χ2n) is 3.90. The van der Waals surface area contributed by atoms with Crippen molar-refractivity contribution in [3.8, 4) is 5.75 Å². The monoisotopic (exact) mass is 263 g/mol. The van der Waals surface area contributed by atoms with Crippen LogP contribution in [0.4, 0.5) is 5.69 Å². The average molecular weight is 263 g/mol.